The van der Waals surface area contributed by atoms with E-state index in [4.69, 9.17) is 4.74 Å². The molecule has 1 heterocycles. The maximum Gasteiger partial charge on any atom is 0.261 e. The van der Waals surface area contributed by atoms with Gasteiger partial charge in [-0.3, -0.25) is 9.71 Å². The molecule has 0 aliphatic heterocycles. The fourth-order valence-corrected chi connectivity index (χ4v) is 4.00. The van der Waals surface area contributed by atoms with Crippen LogP contribution >= 0.6 is 0 Å². The first kappa shape index (κ1) is 16.4. The van der Waals surface area contributed by atoms with E-state index in [9.17, 15) is 8.42 Å². The number of nitrogens with one attached hydrogen (secondary N) is 1. The van der Waals surface area contributed by atoms with Gasteiger partial charge in [0, 0.05) is 23.7 Å². The molecule has 0 unspecified atom stereocenters. The molecule has 3 aromatic carbocycles. The van der Waals surface area contributed by atoms with Crippen LogP contribution in [0.1, 0.15) is 0 Å². The zero-order valence-corrected chi connectivity index (χ0v) is 14.8. The highest BCUT2D eigenvalue weighted by Gasteiger charge is 2.17. The van der Waals surface area contributed by atoms with Gasteiger partial charge in [-0.25, -0.2) is 8.42 Å². The second-order valence-corrected chi connectivity index (χ2v) is 7.54. The van der Waals surface area contributed by atoms with E-state index in [0.717, 1.165) is 10.8 Å². The van der Waals surface area contributed by atoms with E-state index in [2.05, 4.69) is 9.71 Å². The van der Waals surface area contributed by atoms with Crippen molar-refractivity contribution in [3.63, 3.8) is 0 Å². The smallest absolute Gasteiger partial charge is 0.261 e. The van der Waals surface area contributed by atoms with Gasteiger partial charge in [-0.05, 0) is 35.0 Å². The van der Waals surface area contributed by atoms with Gasteiger partial charge in [0.15, 0.2) is 0 Å². The van der Waals surface area contributed by atoms with Crippen molar-refractivity contribution in [2.75, 3.05) is 11.8 Å². The Morgan fingerprint density at radius 3 is 2.54 bits per heavy atom. The fraction of sp³-hybridized carbons (Fsp3) is 0.0500. The van der Waals surface area contributed by atoms with Crippen LogP contribution in [0.5, 0.6) is 5.75 Å². The Balaban J connectivity index is 1.81. The summed E-state index contributed by atoms with van der Waals surface area (Å²) in [5, 5.41) is 2.56. The van der Waals surface area contributed by atoms with Gasteiger partial charge in [-0.15, -0.1) is 0 Å². The van der Waals surface area contributed by atoms with Crippen molar-refractivity contribution in [1.29, 1.82) is 0 Å². The van der Waals surface area contributed by atoms with Gasteiger partial charge < -0.3 is 4.74 Å². The maximum atomic E-state index is 12.9. The molecular weight excluding hydrogens is 348 g/mol. The molecule has 0 atom stereocenters. The Morgan fingerprint density at radius 1 is 0.923 bits per heavy atom. The molecule has 4 aromatic rings. The van der Waals surface area contributed by atoms with E-state index in [0.29, 0.717) is 22.3 Å². The standard InChI is InChI=1S/C20H16N2O3S/c1-25-16-12-19-18(7-4-10-21-19)20(13-16)22-26(23,24)17-9-8-14-5-2-3-6-15(14)11-17/h2-13,22H,1H3. The van der Waals surface area contributed by atoms with Crippen molar-refractivity contribution in [2.24, 2.45) is 0 Å². The summed E-state index contributed by atoms with van der Waals surface area (Å²) >= 11 is 0. The molecular formula is C20H16N2O3S. The number of sulfonamides is 1. The van der Waals surface area contributed by atoms with E-state index >= 15 is 0 Å². The molecule has 0 saturated carbocycles. The molecule has 6 heteroatoms. The Kier molecular flexibility index (Phi) is 3.97. The molecule has 0 amide bonds. The summed E-state index contributed by atoms with van der Waals surface area (Å²) < 4.78 is 33.8. The number of methoxy groups -OCH3 is 1. The molecule has 5 nitrogen and oxygen atoms in total. The summed E-state index contributed by atoms with van der Waals surface area (Å²) in [5.74, 6) is 0.535. The van der Waals surface area contributed by atoms with Crippen molar-refractivity contribution >= 4 is 37.4 Å². The number of benzene rings is 3. The third-order valence-corrected chi connectivity index (χ3v) is 5.57. The molecule has 0 bridgehead atoms. The molecule has 0 aliphatic rings. The van der Waals surface area contributed by atoms with Crippen LogP contribution in [-0.2, 0) is 10.0 Å². The second kappa shape index (κ2) is 6.31. The fourth-order valence-electron chi connectivity index (χ4n) is 2.90. The predicted octanol–water partition coefficient (Wildman–Crippen LogP) is 4.20. The topological polar surface area (TPSA) is 68.3 Å². The highest BCUT2D eigenvalue weighted by Crippen LogP contribution is 2.30. The summed E-state index contributed by atoms with van der Waals surface area (Å²) in [7, 11) is -2.22. The number of nitrogens with zero attached hydrogens (tertiary/aromatic N) is 1. The zero-order valence-electron chi connectivity index (χ0n) is 14.0. The first-order chi connectivity index (χ1) is 12.6. The SMILES string of the molecule is COc1cc(NS(=O)(=O)c2ccc3ccccc3c2)c2cccnc2c1. The van der Waals surface area contributed by atoms with Gasteiger partial charge in [0.1, 0.15) is 5.75 Å². The van der Waals surface area contributed by atoms with Gasteiger partial charge >= 0.3 is 0 Å². The largest absolute Gasteiger partial charge is 0.497 e. The molecule has 0 saturated heterocycles. The quantitative estimate of drug-likeness (QED) is 0.589. The highest BCUT2D eigenvalue weighted by molar-refractivity contribution is 7.92. The summed E-state index contributed by atoms with van der Waals surface area (Å²) in [5.41, 5.74) is 1.09. The van der Waals surface area contributed by atoms with Crippen molar-refractivity contribution in [3.05, 3.63) is 72.9 Å². The molecule has 1 N–H and O–H groups in total. The van der Waals surface area contributed by atoms with Gasteiger partial charge in [0.25, 0.3) is 10.0 Å². The number of aromatic nitrogens is 1. The number of hydrogen-bond donors (Lipinski definition) is 1. The van der Waals surface area contributed by atoms with E-state index in [1.165, 1.54) is 7.11 Å². The molecule has 0 spiro atoms. The molecule has 1 aromatic heterocycles. The predicted molar refractivity (Wildman–Crippen MR) is 103 cm³/mol. The van der Waals surface area contributed by atoms with Crippen LogP contribution in [0.25, 0.3) is 21.7 Å². The minimum absolute atomic E-state index is 0.205. The van der Waals surface area contributed by atoms with Crippen molar-refractivity contribution in [2.45, 2.75) is 4.90 Å². The van der Waals surface area contributed by atoms with Crippen LogP contribution in [0.2, 0.25) is 0 Å². The highest BCUT2D eigenvalue weighted by atomic mass is 32.2. The number of anilines is 1. The Hall–Kier alpha value is -3.12. The number of ether oxygens (including phenoxy) is 1. The maximum absolute atomic E-state index is 12.9. The molecule has 26 heavy (non-hydrogen) atoms. The average Bonchev–Trinajstić information content (AvgIpc) is 2.67. The van der Waals surface area contributed by atoms with Crippen LogP contribution in [0.4, 0.5) is 5.69 Å². The second-order valence-electron chi connectivity index (χ2n) is 5.86. The van der Waals surface area contributed by atoms with Gasteiger partial charge in [0.05, 0.1) is 23.2 Å². The van der Waals surface area contributed by atoms with Crippen LogP contribution in [0.15, 0.2) is 77.8 Å². The molecule has 0 aliphatic carbocycles. The summed E-state index contributed by atoms with van der Waals surface area (Å²) in [4.78, 5) is 4.48. The lowest BCUT2D eigenvalue weighted by Crippen LogP contribution is -2.13. The van der Waals surface area contributed by atoms with Crippen molar-refractivity contribution < 1.29 is 13.2 Å². The lowest BCUT2D eigenvalue weighted by atomic mass is 10.1. The number of pyridine rings is 1. The summed E-state index contributed by atoms with van der Waals surface area (Å²) in [6, 6.07) is 19.7. The van der Waals surface area contributed by atoms with Crippen molar-refractivity contribution in [3.8, 4) is 5.75 Å². The zero-order chi connectivity index (χ0) is 18.1. The number of hydrogen-bond acceptors (Lipinski definition) is 4. The third kappa shape index (κ3) is 2.95. The minimum Gasteiger partial charge on any atom is -0.497 e. The normalized spacial score (nSPS) is 11.6. The van der Waals surface area contributed by atoms with Gasteiger partial charge in [0.2, 0.25) is 0 Å². The minimum atomic E-state index is -3.75. The first-order valence-electron chi connectivity index (χ1n) is 8.01. The van der Waals surface area contributed by atoms with Crippen LogP contribution in [-0.4, -0.2) is 20.5 Å². The summed E-state index contributed by atoms with van der Waals surface area (Å²) in [6.45, 7) is 0. The summed E-state index contributed by atoms with van der Waals surface area (Å²) in [6.07, 6.45) is 1.66. The van der Waals surface area contributed by atoms with E-state index in [1.54, 1.807) is 42.6 Å². The third-order valence-electron chi connectivity index (χ3n) is 4.21. The van der Waals surface area contributed by atoms with E-state index < -0.39 is 10.0 Å². The molecule has 130 valence electrons. The van der Waals surface area contributed by atoms with Gasteiger partial charge in [-0.1, -0.05) is 30.3 Å². The lowest BCUT2D eigenvalue weighted by Gasteiger charge is -2.13. The average molecular weight is 364 g/mol. The first-order valence-corrected chi connectivity index (χ1v) is 9.49. The van der Waals surface area contributed by atoms with Crippen LogP contribution < -0.4 is 9.46 Å². The Labute approximate surface area is 151 Å². The van der Waals surface area contributed by atoms with Crippen molar-refractivity contribution in [1.82, 2.24) is 4.98 Å². The number of fused-ring (bicyclic) bond motifs is 2. The monoisotopic (exact) mass is 364 g/mol. The lowest BCUT2D eigenvalue weighted by molar-refractivity contribution is 0.415. The molecule has 0 radical (unpaired) electrons. The van der Waals surface area contributed by atoms with E-state index in [-0.39, 0.29) is 4.90 Å². The van der Waals surface area contributed by atoms with Crippen LogP contribution in [0.3, 0.4) is 0 Å². The van der Waals surface area contributed by atoms with E-state index in [1.807, 2.05) is 30.3 Å². The molecule has 0 fully saturated rings. The Morgan fingerprint density at radius 2 is 1.73 bits per heavy atom. The van der Waals surface area contributed by atoms with Gasteiger partial charge in [-0.2, -0.15) is 0 Å². The van der Waals surface area contributed by atoms with Crippen LogP contribution in [0, 0.1) is 0 Å². The number of rotatable bonds is 4. The molecule has 4 rings (SSSR count). The Bertz CT molecular complexity index is 1220.